The summed E-state index contributed by atoms with van der Waals surface area (Å²) in [6, 6.07) is 5.22. The van der Waals surface area contributed by atoms with Gasteiger partial charge in [0.05, 0.1) is 14.9 Å². The maximum atomic E-state index is 12.8. The van der Waals surface area contributed by atoms with Crippen molar-refractivity contribution in [2.24, 2.45) is 0 Å². The summed E-state index contributed by atoms with van der Waals surface area (Å²) in [7, 11) is 0. The second-order valence-electron chi connectivity index (χ2n) is 3.94. The Hall–Kier alpha value is -0.780. The third-order valence-electron chi connectivity index (χ3n) is 2.49. The number of aromatic nitrogens is 1. The lowest BCUT2D eigenvalue weighted by molar-refractivity contribution is 0.104. The molecule has 0 aliphatic rings. The third-order valence-corrected chi connectivity index (χ3v) is 5.11. The fourth-order valence-corrected chi connectivity index (χ4v) is 3.28. The highest BCUT2D eigenvalue weighted by atomic mass is 35.5. The van der Waals surface area contributed by atoms with Crippen molar-refractivity contribution >= 4 is 63.9 Å². The molecule has 0 saturated heterocycles. The van der Waals surface area contributed by atoms with Crippen molar-refractivity contribution in [1.29, 1.82) is 0 Å². The average Bonchev–Trinajstić information content (AvgIpc) is 2.49. The molecular formula is C14H6Cl4FNOS. The van der Waals surface area contributed by atoms with E-state index in [4.69, 9.17) is 46.4 Å². The van der Waals surface area contributed by atoms with Crippen LogP contribution in [0.15, 0.2) is 40.6 Å². The van der Waals surface area contributed by atoms with E-state index < -0.39 is 5.82 Å². The molecule has 22 heavy (non-hydrogen) atoms. The second-order valence-corrected chi connectivity index (χ2v) is 6.33. The number of nitrogens with zero attached hydrogens (tertiary/aromatic N) is 1. The molecule has 0 unspecified atom stereocenters. The Morgan fingerprint density at radius 3 is 2.14 bits per heavy atom. The lowest BCUT2D eigenvalue weighted by Gasteiger charge is -2.06. The number of thioether (sulfide) groups is 1. The van der Waals surface area contributed by atoms with E-state index in [-0.39, 0.29) is 26.1 Å². The lowest BCUT2D eigenvalue weighted by Crippen LogP contribution is -1.93. The van der Waals surface area contributed by atoms with Crippen LogP contribution in [0.5, 0.6) is 0 Å². The van der Waals surface area contributed by atoms with Gasteiger partial charge in [0.2, 0.25) is 0 Å². The van der Waals surface area contributed by atoms with Gasteiger partial charge in [-0.05, 0) is 35.7 Å². The van der Waals surface area contributed by atoms with Gasteiger partial charge in [0.25, 0.3) is 0 Å². The summed E-state index contributed by atoms with van der Waals surface area (Å²) in [4.78, 5) is 16.1. The van der Waals surface area contributed by atoms with Crippen LogP contribution in [0.4, 0.5) is 4.39 Å². The smallest absolute Gasteiger partial charge is 0.186 e. The van der Waals surface area contributed by atoms with E-state index in [1.165, 1.54) is 35.7 Å². The first-order valence-corrected chi connectivity index (χ1v) is 8.12. The minimum absolute atomic E-state index is 0.0248. The molecule has 2 nitrogen and oxygen atoms in total. The van der Waals surface area contributed by atoms with Gasteiger partial charge in [-0.3, -0.25) is 4.79 Å². The largest absolute Gasteiger partial charge is 0.289 e. The lowest BCUT2D eigenvalue weighted by atomic mass is 10.1. The van der Waals surface area contributed by atoms with Crippen molar-refractivity contribution in [3.05, 3.63) is 67.5 Å². The van der Waals surface area contributed by atoms with Crippen LogP contribution in [-0.4, -0.2) is 10.8 Å². The fraction of sp³-hybridized carbons (Fsp3) is 0. The molecule has 0 aliphatic heterocycles. The van der Waals surface area contributed by atoms with Gasteiger partial charge in [-0.25, -0.2) is 9.37 Å². The van der Waals surface area contributed by atoms with Gasteiger partial charge in [-0.1, -0.05) is 58.2 Å². The van der Waals surface area contributed by atoms with Gasteiger partial charge in [-0.15, -0.1) is 0 Å². The second kappa shape index (κ2) is 7.66. The first-order valence-electron chi connectivity index (χ1n) is 5.73. The van der Waals surface area contributed by atoms with Crippen LogP contribution < -0.4 is 0 Å². The Morgan fingerprint density at radius 1 is 1.05 bits per heavy atom. The van der Waals surface area contributed by atoms with Gasteiger partial charge in [0, 0.05) is 5.56 Å². The minimum atomic E-state index is -0.408. The number of pyridine rings is 1. The zero-order valence-electron chi connectivity index (χ0n) is 10.6. The van der Waals surface area contributed by atoms with Crippen molar-refractivity contribution < 1.29 is 9.18 Å². The normalized spacial score (nSPS) is 11.1. The SMILES string of the molecule is O=C(C=CSc1c(Cl)c(Cl)nc(Cl)c1Cl)c1ccc(F)cc1. The Kier molecular flexibility index (Phi) is 6.12. The average molecular weight is 397 g/mol. The molecule has 0 amide bonds. The summed E-state index contributed by atoms with van der Waals surface area (Å²) in [5.41, 5.74) is 0.362. The predicted molar refractivity (Wildman–Crippen MR) is 90.0 cm³/mol. The van der Waals surface area contributed by atoms with Crippen molar-refractivity contribution in [3.8, 4) is 0 Å². The monoisotopic (exact) mass is 395 g/mol. The minimum Gasteiger partial charge on any atom is -0.289 e. The quantitative estimate of drug-likeness (QED) is 0.262. The number of hydrogen-bond acceptors (Lipinski definition) is 3. The van der Waals surface area contributed by atoms with Crippen LogP contribution in [0.25, 0.3) is 0 Å². The van der Waals surface area contributed by atoms with E-state index in [0.717, 1.165) is 11.8 Å². The number of hydrogen-bond donors (Lipinski definition) is 0. The molecular weight excluding hydrogens is 391 g/mol. The molecule has 0 bridgehead atoms. The maximum Gasteiger partial charge on any atom is 0.186 e. The molecule has 0 aliphatic carbocycles. The molecule has 0 fully saturated rings. The van der Waals surface area contributed by atoms with Crippen LogP contribution in [0, 0.1) is 5.82 Å². The van der Waals surface area contributed by atoms with Crippen LogP contribution in [0.2, 0.25) is 20.4 Å². The molecule has 1 aromatic carbocycles. The van der Waals surface area contributed by atoms with E-state index in [9.17, 15) is 9.18 Å². The summed E-state index contributed by atoms with van der Waals surface area (Å²) in [6.07, 6.45) is 1.31. The van der Waals surface area contributed by atoms with Crippen LogP contribution in [0.3, 0.4) is 0 Å². The molecule has 0 saturated carbocycles. The van der Waals surface area contributed by atoms with Crippen LogP contribution in [0.1, 0.15) is 10.4 Å². The van der Waals surface area contributed by atoms with Gasteiger partial charge >= 0.3 is 0 Å². The predicted octanol–water partition coefficient (Wildman–Crippen LogP) is 6.32. The molecule has 2 aromatic rings. The number of allylic oxidation sites excluding steroid dienone is 1. The van der Waals surface area contributed by atoms with Gasteiger partial charge < -0.3 is 0 Å². The zero-order valence-corrected chi connectivity index (χ0v) is 14.5. The Labute approximate surface area is 150 Å². The molecule has 114 valence electrons. The summed E-state index contributed by atoms with van der Waals surface area (Å²) >= 11 is 24.7. The fourth-order valence-electron chi connectivity index (χ4n) is 1.45. The van der Waals surface area contributed by atoms with E-state index in [0.29, 0.717) is 10.5 Å². The summed E-state index contributed by atoms with van der Waals surface area (Å²) in [5, 5.41) is 1.85. The number of rotatable bonds is 4. The zero-order chi connectivity index (χ0) is 16.3. The highest BCUT2D eigenvalue weighted by Gasteiger charge is 2.15. The number of carbonyl (C=O) groups excluding carboxylic acids is 1. The molecule has 0 spiro atoms. The standard InChI is InChI=1S/C14H6Cl4FNOS/c15-10-12(11(16)14(18)20-13(10)17)22-6-5-9(21)7-1-3-8(19)4-2-7/h1-6H. The van der Waals surface area contributed by atoms with Crippen molar-refractivity contribution in [1.82, 2.24) is 4.98 Å². The maximum absolute atomic E-state index is 12.8. The molecule has 0 N–H and O–H groups in total. The number of ketones is 1. The van der Waals surface area contributed by atoms with Crippen LogP contribution >= 0.6 is 58.2 Å². The molecule has 2 rings (SSSR count). The Bertz CT molecular complexity index is 723. The Balaban J connectivity index is 2.16. The van der Waals surface area contributed by atoms with Crippen molar-refractivity contribution in [2.45, 2.75) is 4.90 Å². The highest BCUT2D eigenvalue weighted by Crippen LogP contribution is 2.41. The van der Waals surface area contributed by atoms with Crippen molar-refractivity contribution in [2.75, 3.05) is 0 Å². The van der Waals surface area contributed by atoms with Gasteiger partial charge in [0.15, 0.2) is 16.1 Å². The molecule has 1 heterocycles. The number of halogens is 5. The molecule has 8 heteroatoms. The van der Waals surface area contributed by atoms with Gasteiger partial charge in [-0.2, -0.15) is 0 Å². The number of carbonyl (C=O) groups is 1. The summed E-state index contributed by atoms with van der Waals surface area (Å²) in [5.74, 6) is -0.694. The summed E-state index contributed by atoms with van der Waals surface area (Å²) < 4.78 is 12.8. The van der Waals surface area contributed by atoms with Crippen LogP contribution in [-0.2, 0) is 0 Å². The van der Waals surface area contributed by atoms with E-state index >= 15 is 0 Å². The topological polar surface area (TPSA) is 30.0 Å². The van der Waals surface area contributed by atoms with Crippen molar-refractivity contribution in [3.63, 3.8) is 0 Å². The Morgan fingerprint density at radius 2 is 1.59 bits per heavy atom. The molecule has 0 atom stereocenters. The first-order chi connectivity index (χ1) is 10.4. The summed E-state index contributed by atoms with van der Waals surface area (Å²) in [6.45, 7) is 0. The molecule has 0 radical (unpaired) electrons. The molecule has 1 aromatic heterocycles. The van der Waals surface area contributed by atoms with E-state index in [2.05, 4.69) is 4.98 Å². The highest BCUT2D eigenvalue weighted by molar-refractivity contribution is 8.02. The van der Waals surface area contributed by atoms with E-state index in [1.807, 2.05) is 0 Å². The first kappa shape index (κ1) is 17.6. The third kappa shape index (κ3) is 4.15. The number of benzene rings is 1. The van der Waals surface area contributed by atoms with E-state index in [1.54, 1.807) is 0 Å². The van der Waals surface area contributed by atoms with Gasteiger partial charge in [0.1, 0.15) is 5.82 Å².